The fourth-order valence-electron chi connectivity index (χ4n) is 3.21. The zero-order valence-electron chi connectivity index (χ0n) is 13.8. The fraction of sp³-hybridized carbons (Fsp3) is 0.150. The Balaban J connectivity index is 1.45. The van der Waals surface area contributed by atoms with Crippen molar-refractivity contribution >= 4 is 22.5 Å². The molecule has 5 rings (SSSR count). The minimum atomic E-state index is -0.640. The summed E-state index contributed by atoms with van der Waals surface area (Å²) in [5.74, 6) is 1.05. The van der Waals surface area contributed by atoms with E-state index < -0.39 is 5.41 Å². The van der Waals surface area contributed by atoms with Gasteiger partial charge in [0.2, 0.25) is 11.7 Å². The van der Waals surface area contributed by atoms with E-state index in [0.29, 0.717) is 17.2 Å². The SMILES string of the molecule is O=C(Nc1cccc2ncccc12)C1(c2cc(-c3ccco3)on2)CC1. The van der Waals surface area contributed by atoms with Crippen LogP contribution in [0.1, 0.15) is 18.5 Å². The van der Waals surface area contributed by atoms with Gasteiger partial charge in [-0.15, -0.1) is 0 Å². The summed E-state index contributed by atoms with van der Waals surface area (Å²) < 4.78 is 10.7. The number of amides is 1. The molecule has 3 aromatic heterocycles. The third-order valence-electron chi connectivity index (χ3n) is 4.84. The Morgan fingerprint density at radius 2 is 2.00 bits per heavy atom. The first-order valence-electron chi connectivity index (χ1n) is 8.43. The molecule has 1 amide bonds. The first kappa shape index (κ1) is 14.9. The summed E-state index contributed by atoms with van der Waals surface area (Å²) in [4.78, 5) is 17.3. The number of hydrogen-bond acceptors (Lipinski definition) is 5. The van der Waals surface area contributed by atoms with E-state index in [9.17, 15) is 4.79 Å². The highest BCUT2D eigenvalue weighted by Crippen LogP contribution is 2.49. The van der Waals surface area contributed by atoms with Gasteiger partial charge in [-0.05, 0) is 49.2 Å². The largest absolute Gasteiger partial charge is 0.461 e. The minimum Gasteiger partial charge on any atom is -0.461 e. The highest BCUT2D eigenvalue weighted by molar-refractivity contribution is 6.06. The van der Waals surface area contributed by atoms with E-state index in [-0.39, 0.29) is 5.91 Å². The Hall–Kier alpha value is -3.41. The van der Waals surface area contributed by atoms with Crippen molar-refractivity contribution in [2.45, 2.75) is 18.3 Å². The molecule has 0 saturated heterocycles. The predicted octanol–water partition coefficient (Wildman–Crippen LogP) is 4.15. The molecule has 0 unspecified atom stereocenters. The summed E-state index contributed by atoms with van der Waals surface area (Å²) in [5.41, 5.74) is 1.59. The molecule has 1 aliphatic carbocycles. The highest BCUT2D eigenvalue weighted by atomic mass is 16.5. The molecule has 1 aromatic carbocycles. The lowest BCUT2D eigenvalue weighted by molar-refractivity contribution is -0.118. The lowest BCUT2D eigenvalue weighted by atomic mass is 10.0. The summed E-state index contributed by atoms with van der Waals surface area (Å²) in [7, 11) is 0. The average molecular weight is 345 g/mol. The molecular formula is C20H15N3O3. The molecule has 1 N–H and O–H groups in total. The summed E-state index contributed by atoms with van der Waals surface area (Å²) in [6, 6.07) is 14.9. The second-order valence-electron chi connectivity index (χ2n) is 6.47. The lowest BCUT2D eigenvalue weighted by Gasteiger charge is -2.13. The fourth-order valence-corrected chi connectivity index (χ4v) is 3.21. The van der Waals surface area contributed by atoms with Crippen LogP contribution in [0.2, 0.25) is 0 Å². The van der Waals surface area contributed by atoms with Gasteiger partial charge in [-0.3, -0.25) is 9.78 Å². The molecule has 4 aromatic rings. The molecule has 1 aliphatic rings. The second-order valence-corrected chi connectivity index (χ2v) is 6.47. The minimum absolute atomic E-state index is 0.0758. The van der Waals surface area contributed by atoms with Gasteiger partial charge in [0.1, 0.15) is 0 Å². The molecule has 1 saturated carbocycles. The lowest BCUT2D eigenvalue weighted by Crippen LogP contribution is -2.28. The quantitative estimate of drug-likeness (QED) is 0.601. The van der Waals surface area contributed by atoms with Crippen LogP contribution in [0.15, 0.2) is 69.9 Å². The van der Waals surface area contributed by atoms with E-state index in [1.807, 2.05) is 30.3 Å². The number of carbonyl (C=O) groups is 1. The maximum Gasteiger partial charge on any atom is 0.236 e. The van der Waals surface area contributed by atoms with Crippen LogP contribution in [0, 0.1) is 0 Å². The number of pyridine rings is 1. The van der Waals surface area contributed by atoms with Gasteiger partial charge in [-0.2, -0.15) is 0 Å². The Labute approximate surface area is 148 Å². The maximum atomic E-state index is 13.0. The van der Waals surface area contributed by atoms with E-state index in [2.05, 4.69) is 15.5 Å². The number of nitrogens with one attached hydrogen (secondary N) is 1. The number of nitrogens with zero attached hydrogens (tertiary/aromatic N) is 2. The third kappa shape index (κ3) is 2.30. The van der Waals surface area contributed by atoms with Crippen LogP contribution in [0.25, 0.3) is 22.4 Å². The molecule has 6 nitrogen and oxygen atoms in total. The molecule has 0 aliphatic heterocycles. The molecular weight excluding hydrogens is 330 g/mol. The van der Waals surface area contributed by atoms with Crippen molar-refractivity contribution in [1.82, 2.24) is 10.1 Å². The topological polar surface area (TPSA) is 81.2 Å². The predicted molar refractivity (Wildman–Crippen MR) is 95.5 cm³/mol. The van der Waals surface area contributed by atoms with Gasteiger partial charge in [-0.1, -0.05) is 11.2 Å². The van der Waals surface area contributed by atoms with Crippen molar-refractivity contribution in [3.05, 3.63) is 66.7 Å². The molecule has 0 bridgehead atoms. The number of anilines is 1. The smallest absolute Gasteiger partial charge is 0.236 e. The van der Waals surface area contributed by atoms with Crippen LogP contribution >= 0.6 is 0 Å². The first-order chi connectivity index (χ1) is 12.8. The van der Waals surface area contributed by atoms with Gasteiger partial charge < -0.3 is 14.3 Å². The van der Waals surface area contributed by atoms with E-state index in [4.69, 9.17) is 8.94 Å². The average Bonchev–Trinajstić information content (AvgIpc) is 3.09. The summed E-state index contributed by atoms with van der Waals surface area (Å²) in [6.45, 7) is 0. The Morgan fingerprint density at radius 1 is 1.08 bits per heavy atom. The summed E-state index contributed by atoms with van der Waals surface area (Å²) >= 11 is 0. The molecule has 0 radical (unpaired) electrons. The summed E-state index contributed by atoms with van der Waals surface area (Å²) in [6.07, 6.45) is 4.80. The number of benzene rings is 1. The van der Waals surface area contributed by atoms with Gasteiger partial charge in [0.15, 0.2) is 5.76 Å². The van der Waals surface area contributed by atoms with E-state index >= 15 is 0 Å². The first-order valence-corrected chi connectivity index (χ1v) is 8.43. The molecule has 6 heteroatoms. The van der Waals surface area contributed by atoms with Crippen LogP contribution in [-0.2, 0) is 10.2 Å². The van der Waals surface area contributed by atoms with Gasteiger partial charge >= 0.3 is 0 Å². The van der Waals surface area contributed by atoms with Crippen molar-refractivity contribution in [3.8, 4) is 11.5 Å². The normalized spacial score (nSPS) is 15.1. The second kappa shape index (κ2) is 5.56. The van der Waals surface area contributed by atoms with Crippen LogP contribution in [-0.4, -0.2) is 16.0 Å². The molecule has 0 atom stereocenters. The maximum absolute atomic E-state index is 13.0. The number of aromatic nitrogens is 2. The molecule has 3 heterocycles. The molecule has 128 valence electrons. The van der Waals surface area contributed by atoms with Crippen LogP contribution in [0.5, 0.6) is 0 Å². The van der Waals surface area contributed by atoms with Crippen molar-refractivity contribution in [1.29, 1.82) is 0 Å². The van der Waals surface area contributed by atoms with Gasteiger partial charge in [0.05, 0.1) is 28.6 Å². The van der Waals surface area contributed by atoms with Crippen molar-refractivity contribution in [2.75, 3.05) is 5.32 Å². The summed E-state index contributed by atoms with van der Waals surface area (Å²) in [5, 5.41) is 8.08. The Bertz CT molecular complexity index is 1090. The number of hydrogen-bond donors (Lipinski definition) is 1. The third-order valence-corrected chi connectivity index (χ3v) is 4.84. The van der Waals surface area contributed by atoms with E-state index in [0.717, 1.165) is 29.4 Å². The Kier molecular flexibility index (Phi) is 3.18. The van der Waals surface area contributed by atoms with Crippen LogP contribution < -0.4 is 5.32 Å². The highest BCUT2D eigenvalue weighted by Gasteiger charge is 2.54. The van der Waals surface area contributed by atoms with Crippen molar-refractivity contribution in [2.24, 2.45) is 0 Å². The molecule has 1 fully saturated rings. The Morgan fingerprint density at radius 3 is 2.81 bits per heavy atom. The van der Waals surface area contributed by atoms with E-state index in [1.54, 1.807) is 30.7 Å². The van der Waals surface area contributed by atoms with Gasteiger partial charge in [0.25, 0.3) is 0 Å². The molecule has 26 heavy (non-hydrogen) atoms. The van der Waals surface area contributed by atoms with Gasteiger partial charge in [0, 0.05) is 17.6 Å². The van der Waals surface area contributed by atoms with Crippen molar-refractivity contribution in [3.63, 3.8) is 0 Å². The standard InChI is InChI=1S/C20H15N3O3/c24-19(22-15-6-1-5-14-13(15)4-2-10-21-14)20(8-9-20)18-12-17(26-23-18)16-7-3-11-25-16/h1-7,10-12H,8-9H2,(H,22,24). The number of rotatable bonds is 4. The zero-order chi connectivity index (χ0) is 17.6. The number of furan rings is 1. The van der Waals surface area contributed by atoms with Crippen molar-refractivity contribution < 1.29 is 13.7 Å². The monoisotopic (exact) mass is 345 g/mol. The number of fused-ring (bicyclic) bond motifs is 1. The molecule has 0 spiro atoms. The van der Waals surface area contributed by atoms with E-state index in [1.165, 1.54) is 0 Å². The van der Waals surface area contributed by atoms with Crippen LogP contribution in [0.3, 0.4) is 0 Å². The zero-order valence-corrected chi connectivity index (χ0v) is 13.8. The van der Waals surface area contributed by atoms with Gasteiger partial charge in [-0.25, -0.2) is 0 Å². The number of carbonyl (C=O) groups excluding carboxylic acids is 1. The van der Waals surface area contributed by atoms with Crippen LogP contribution in [0.4, 0.5) is 5.69 Å².